The van der Waals surface area contributed by atoms with Gasteiger partial charge in [-0.15, -0.1) is 0 Å². The van der Waals surface area contributed by atoms with Crippen LogP contribution in [-0.2, 0) is 12.5 Å². The molecule has 2 aromatic heterocycles. The molecular formula is C31H40N6O. The van der Waals surface area contributed by atoms with Crippen LogP contribution in [0.4, 0.5) is 23.1 Å². The fraction of sp³-hybridized carbons (Fsp3) is 0.419. The van der Waals surface area contributed by atoms with Crippen molar-refractivity contribution in [2.75, 3.05) is 41.9 Å². The summed E-state index contributed by atoms with van der Waals surface area (Å²) >= 11 is 0. The Morgan fingerprint density at radius 1 is 0.974 bits per heavy atom. The standard InChI is InChI=1S/C31H40N6O/c1-21-9-10-22(30(2,3)4)19-26(21)32-27-25-15-16-35(7)28(25)34-29(33-27)36-17-18-37(31(5,6)20-36)23-11-13-24(38-8)14-12-23/h9-16,19H,17-18,20H2,1-8H3,(H,32,33,34). The van der Waals surface area contributed by atoms with Gasteiger partial charge in [-0.3, -0.25) is 0 Å². The smallest absolute Gasteiger partial charge is 0.229 e. The van der Waals surface area contributed by atoms with Gasteiger partial charge in [0.15, 0.2) is 0 Å². The van der Waals surface area contributed by atoms with Crippen molar-refractivity contribution in [3.05, 3.63) is 65.9 Å². The molecule has 0 bridgehead atoms. The van der Waals surface area contributed by atoms with Crippen LogP contribution < -0.4 is 19.9 Å². The molecule has 1 saturated heterocycles. The summed E-state index contributed by atoms with van der Waals surface area (Å²) in [7, 11) is 3.74. The summed E-state index contributed by atoms with van der Waals surface area (Å²) < 4.78 is 7.43. The van der Waals surface area contributed by atoms with Gasteiger partial charge in [0.25, 0.3) is 0 Å². The Hall–Kier alpha value is -3.74. The first-order valence-corrected chi connectivity index (χ1v) is 13.3. The van der Waals surface area contributed by atoms with E-state index < -0.39 is 0 Å². The summed E-state index contributed by atoms with van der Waals surface area (Å²) in [5.74, 6) is 2.47. The zero-order valence-corrected chi connectivity index (χ0v) is 24.0. The lowest BCUT2D eigenvalue weighted by atomic mass is 9.86. The van der Waals surface area contributed by atoms with E-state index in [2.05, 4.69) is 104 Å². The van der Waals surface area contributed by atoms with E-state index in [9.17, 15) is 0 Å². The number of rotatable bonds is 5. The number of nitrogens with one attached hydrogen (secondary N) is 1. The normalized spacial score (nSPS) is 15.7. The number of piperazine rings is 1. The molecule has 0 unspecified atom stereocenters. The third-order valence-corrected chi connectivity index (χ3v) is 7.64. The van der Waals surface area contributed by atoms with Crippen LogP contribution >= 0.6 is 0 Å². The van der Waals surface area contributed by atoms with E-state index in [1.807, 2.05) is 19.2 Å². The second kappa shape index (κ2) is 9.53. The molecule has 7 nitrogen and oxygen atoms in total. The van der Waals surface area contributed by atoms with Crippen LogP contribution in [0.3, 0.4) is 0 Å². The number of aryl methyl sites for hydroxylation is 2. The summed E-state index contributed by atoms with van der Waals surface area (Å²) in [5.41, 5.74) is 5.65. The van der Waals surface area contributed by atoms with Crippen LogP contribution in [0.15, 0.2) is 54.7 Å². The zero-order chi connectivity index (χ0) is 27.2. The monoisotopic (exact) mass is 512 g/mol. The number of nitrogens with zero attached hydrogens (tertiary/aromatic N) is 5. The maximum absolute atomic E-state index is 5.35. The molecule has 0 atom stereocenters. The van der Waals surface area contributed by atoms with E-state index in [1.54, 1.807) is 7.11 Å². The number of benzene rings is 2. The Balaban J connectivity index is 1.47. The largest absolute Gasteiger partial charge is 0.497 e. The van der Waals surface area contributed by atoms with E-state index in [1.165, 1.54) is 16.8 Å². The van der Waals surface area contributed by atoms with Crippen LogP contribution in [0.2, 0.25) is 0 Å². The maximum atomic E-state index is 5.35. The summed E-state index contributed by atoms with van der Waals surface area (Å²) in [4.78, 5) is 14.9. The fourth-order valence-corrected chi connectivity index (χ4v) is 5.28. The lowest BCUT2D eigenvalue weighted by molar-refractivity contribution is 0.408. The second-order valence-electron chi connectivity index (χ2n) is 12.0. The summed E-state index contributed by atoms with van der Waals surface area (Å²) in [5, 5.41) is 4.69. The zero-order valence-electron chi connectivity index (χ0n) is 24.0. The minimum atomic E-state index is -0.107. The first kappa shape index (κ1) is 25.9. The van der Waals surface area contributed by atoms with E-state index >= 15 is 0 Å². The van der Waals surface area contributed by atoms with Crippen molar-refractivity contribution in [3.8, 4) is 5.75 Å². The molecule has 0 saturated carbocycles. The highest BCUT2D eigenvalue weighted by atomic mass is 16.5. The van der Waals surface area contributed by atoms with Gasteiger partial charge in [-0.05, 0) is 73.7 Å². The molecule has 0 aliphatic carbocycles. The average molecular weight is 513 g/mol. The lowest BCUT2D eigenvalue weighted by Gasteiger charge is -2.48. The van der Waals surface area contributed by atoms with Crippen molar-refractivity contribution in [2.24, 2.45) is 7.05 Å². The van der Waals surface area contributed by atoms with Crippen molar-refractivity contribution < 1.29 is 4.74 Å². The van der Waals surface area contributed by atoms with Crippen LogP contribution in [0, 0.1) is 6.92 Å². The van der Waals surface area contributed by atoms with Gasteiger partial charge in [0.1, 0.15) is 17.2 Å². The Morgan fingerprint density at radius 3 is 2.37 bits per heavy atom. The van der Waals surface area contributed by atoms with Crippen molar-refractivity contribution in [2.45, 2.75) is 52.5 Å². The number of ether oxygens (including phenoxy) is 1. The highest BCUT2D eigenvalue weighted by Gasteiger charge is 2.35. The molecule has 4 aromatic rings. The third-order valence-electron chi connectivity index (χ3n) is 7.64. The van der Waals surface area contributed by atoms with Crippen molar-refractivity contribution in [1.29, 1.82) is 0 Å². The number of anilines is 4. The predicted molar refractivity (Wildman–Crippen MR) is 158 cm³/mol. The number of hydrogen-bond acceptors (Lipinski definition) is 6. The predicted octanol–water partition coefficient (Wildman–Crippen LogP) is 6.43. The van der Waals surface area contributed by atoms with Gasteiger partial charge in [0, 0.05) is 44.3 Å². The first-order valence-electron chi connectivity index (χ1n) is 13.3. The summed E-state index contributed by atoms with van der Waals surface area (Å²) in [6.07, 6.45) is 2.05. The number of hydrogen-bond donors (Lipinski definition) is 1. The Morgan fingerprint density at radius 2 is 1.71 bits per heavy atom. The van der Waals surface area contributed by atoms with Gasteiger partial charge in [0.05, 0.1) is 18.0 Å². The van der Waals surface area contributed by atoms with Crippen LogP contribution in [-0.4, -0.2) is 46.8 Å². The lowest BCUT2D eigenvalue weighted by Crippen LogP contribution is -2.60. The van der Waals surface area contributed by atoms with Gasteiger partial charge in [0.2, 0.25) is 5.95 Å². The molecule has 0 radical (unpaired) electrons. The highest BCUT2D eigenvalue weighted by molar-refractivity contribution is 5.91. The van der Waals surface area contributed by atoms with E-state index in [4.69, 9.17) is 14.7 Å². The minimum absolute atomic E-state index is 0.0676. The highest BCUT2D eigenvalue weighted by Crippen LogP contribution is 2.34. The fourth-order valence-electron chi connectivity index (χ4n) is 5.28. The molecule has 1 aliphatic heterocycles. The molecule has 0 spiro atoms. The third kappa shape index (κ3) is 4.89. The minimum Gasteiger partial charge on any atom is -0.497 e. The Bertz CT molecular complexity index is 1450. The second-order valence-corrected chi connectivity index (χ2v) is 12.0. The average Bonchev–Trinajstić information content (AvgIpc) is 3.25. The molecule has 5 rings (SSSR count). The molecule has 3 heterocycles. The summed E-state index contributed by atoms with van der Waals surface area (Å²) in [6, 6.07) is 17.1. The van der Waals surface area contributed by atoms with Gasteiger partial charge >= 0.3 is 0 Å². The maximum Gasteiger partial charge on any atom is 0.229 e. The number of methoxy groups -OCH3 is 1. The quantitative estimate of drug-likeness (QED) is 0.332. The Labute approximate surface area is 226 Å². The molecule has 7 heteroatoms. The first-order chi connectivity index (χ1) is 18.0. The molecule has 2 aromatic carbocycles. The molecule has 0 amide bonds. The van der Waals surface area contributed by atoms with Gasteiger partial charge < -0.3 is 24.4 Å². The molecule has 1 N–H and O–H groups in total. The summed E-state index contributed by atoms with van der Waals surface area (Å²) in [6.45, 7) is 16.0. The molecule has 1 aliphatic rings. The molecule has 1 fully saturated rings. The van der Waals surface area contributed by atoms with E-state index in [-0.39, 0.29) is 11.0 Å². The topological polar surface area (TPSA) is 58.5 Å². The number of aromatic nitrogens is 3. The van der Waals surface area contributed by atoms with Gasteiger partial charge in [-0.2, -0.15) is 9.97 Å². The van der Waals surface area contributed by atoms with Crippen molar-refractivity contribution in [3.63, 3.8) is 0 Å². The SMILES string of the molecule is COc1ccc(N2CCN(c3nc(Nc4cc(C(C)(C)C)ccc4C)c4ccn(C)c4n3)CC2(C)C)cc1. The number of fused-ring (bicyclic) bond motifs is 1. The van der Waals surface area contributed by atoms with Crippen LogP contribution in [0.25, 0.3) is 11.0 Å². The molecular weight excluding hydrogens is 472 g/mol. The van der Waals surface area contributed by atoms with Crippen LogP contribution in [0.5, 0.6) is 5.75 Å². The van der Waals surface area contributed by atoms with E-state index in [0.29, 0.717) is 0 Å². The van der Waals surface area contributed by atoms with Crippen LogP contribution in [0.1, 0.15) is 45.7 Å². The van der Waals surface area contributed by atoms with Gasteiger partial charge in [-0.1, -0.05) is 32.9 Å². The Kier molecular flexibility index (Phi) is 6.49. The van der Waals surface area contributed by atoms with Gasteiger partial charge in [-0.25, -0.2) is 0 Å². The van der Waals surface area contributed by atoms with Crippen molar-refractivity contribution in [1.82, 2.24) is 14.5 Å². The van der Waals surface area contributed by atoms with Crippen molar-refractivity contribution >= 4 is 34.2 Å². The van der Waals surface area contributed by atoms with E-state index in [0.717, 1.165) is 53.9 Å². The molecule has 38 heavy (non-hydrogen) atoms. The molecule has 200 valence electrons.